The van der Waals surface area contributed by atoms with Crippen LogP contribution in [0, 0.1) is 22.7 Å². The lowest BCUT2D eigenvalue weighted by Crippen LogP contribution is -2.81. The molecule has 14 nitrogen and oxygen atoms in total. The van der Waals surface area contributed by atoms with E-state index in [1.807, 2.05) is 73.7 Å². The van der Waals surface area contributed by atoms with Crippen LogP contribution in [0.15, 0.2) is 102 Å². The summed E-state index contributed by atoms with van der Waals surface area (Å²) in [5, 5.41) is 3.11. The van der Waals surface area contributed by atoms with Gasteiger partial charge in [-0.1, -0.05) is 162 Å². The second kappa shape index (κ2) is 24.1. The van der Waals surface area contributed by atoms with Crippen molar-refractivity contribution >= 4 is 40.6 Å². The van der Waals surface area contributed by atoms with Crippen molar-refractivity contribution in [2.45, 2.75) is 232 Å². The van der Waals surface area contributed by atoms with Crippen molar-refractivity contribution in [3.63, 3.8) is 0 Å². The summed E-state index contributed by atoms with van der Waals surface area (Å²) < 4.78 is 64.2. The van der Waals surface area contributed by atoms with Crippen LogP contribution in [0.5, 0.6) is 0 Å². The molecule has 2 saturated heterocycles. The molecule has 2 saturated carbocycles. The number of ether oxygens (including phenoxy) is 7. The second-order valence-corrected chi connectivity index (χ2v) is 36.5. The minimum Gasteiger partial charge on any atom is -0.458 e. The number of rotatable bonds is 19. The first-order valence-corrected chi connectivity index (χ1v) is 34.6. The Morgan fingerprint density at radius 2 is 1.32 bits per heavy atom. The predicted octanol–water partition coefficient (Wildman–Crippen LogP) is 13.9. The highest BCUT2D eigenvalue weighted by Gasteiger charge is 2.77. The molecule has 16 heteroatoms. The lowest BCUT2D eigenvalue weighted by atomic mass is 9.45. The Kier molecular flexibility index (Phi) is 18.6. The van der Waals surface area contributed by atoms with Gasteiger partial charge in [0.05, 0.1) is 42.4 Å². The highest BCUT2D eigenvalue weighted by atomic mass is 28.4. The summed E-state index contributed by atoms with van der Waals surface area (Å²) in [6, 6.07) is 29.6. The third-order valence-corrected chi connectivity index (χ3v) is 30.2. The fourth-order valence-corrected chi connectivity index (χ4v) is 23.7. The molecule has 5 aliphatic rings. The highest BCUT2D eigenvalue weighted by molar-refractivity contribution is 6.77. The predicted molar refractivity (Wildman–Crippen MR) is 316 cm³/mol. The van der Waals surface area contributed by atoms with Crippen LogP contribution in [0.3, 0.4) is 0 Å². The molecular weight excluding hydrogens is 1060 g/mol. The summed E-state index contributed by atoms with van der Waals surface area (Å²) in [4.78, 5) is 59.4. The van der Waals surface area contributed by atoms with Gasteiger partial charge in [-0.25, -0.2) is 14.4 Å². The first-order chi connectivity index (χ1) is 38.1. The number of esters is 3. The number of hydrogen-bond donors (Lipinski definition) is 1. The van der Waals surface area contributed by atoms with Crippen molar-refractivity contribution in [2.24, 2.45) is 22.7 Å². The number of hydrogen-bond acceptors (Lipinski definition) is 13. The lowest BCUT2D eigenvalue weighted by molar-refractivity contribution is -0.406. The van der Waals surface area contributed by atoms with Crippen LogP contribution in [0.2, 0.25) is 34.8 Å². The third kappa shape index (κ3) is 11.7. The van der Waals surface area contributed by atoms with Gasteiger partial charge in [0.15, 0.2) is 26.3 Å². The fraction of sp³-hybridized carbons (Fsp3) is 0.631. The second-order valence-electron chi connectivity index (χ2n) is 26.3. The molecule has 0 radical (unpaired) electrons. The van der Waals surface area contributed by atoms with Crippen molar-refractivity contribution in [2.75, 3.05) is 6.61 Å². The van der Waals surface area contributed by atoms with Crippen LogP contribution in [-0.4, -0.2) is 101 Å². The van der Waals surface area contributed by atoms with Gasteiger partial charge in [0.25, 0.3) is 0 Å². The molecule has 1 unspecified atom stereocenters. The zero-order chi connectivity index (χ0) is 59.2. The van der Waals surface area contributed by atoms with E-state index in [9.17, 15) is 9.59 Å². The largest absolute Gasteiger partial charge is 0.458 e. The minimum absolute atomic E-state index is 0.0477. The molecule has 3 aromatic carbocycles. The van der Waals surface area contributed by atoms with Gasteiger partial charge in [-0.2, -0.15) is 0 Å². The van der Waals surface area contributed by atoms with E-state index in [4.69, 9.17) is 42.0 Å². The van der Waals surface area contributed by atoms with E-state index in [1.165, 1.54) is 6.92 Å². The van der Waals surface area contributed by atoms with Crippen LogP contribution in [0.4, 0.5) is 4.79 Å². The zero-order valence-electron chi connectivity index (χ0n) is 51.3. The molecule has 4 fully saturated rings. The molecule has 444 valence electrons. The van der Waals surface area contributed by atoms with Gasteiger partial charge in [0, 0.05) is 30.2 Å². The van der Waals surface area contributed by atoms with Crippen LogP contribution in [0.25, 0.3) is 0 Å². The van der Waals surface area contributed by atoms with Crippen molar-refractivity contribution in [1.82, 2.24) is 5.32 Å². The topological polar surface area (TPSA) is 163 Å². The SMILES string of the molecule is CC[Si](CC)(CC)O[C@@H]1C2=C(C)[C@@H](OC(=O)[C@H](O[Si](C(C)C)(C(C)C)C(C)C)[C@@H](NC(=O)OC(C)(C)C)c3ccccc3)C[C@@H]([C@H](OC(=O)c3ccccc3)[C@@H]3[C@]4(OC(C)=O)CO[C@@H]4C[C@@H]4OC(c5ccccc5)O[C@@H]1[C@]43C)C2(C)C. The Bertz CT molecular complexity index is 2700. The minimum atomic E-state index is -2.97. The lowest BCUT2D eigenvalue weighted by Gasteiger charge is -2.70. The van der Waals surface area contributed by atoms with Crippen LogP contribution in [0.1, 0.15) is 164 Å². The number of nitrogens with one attached hydrogen (secondary N) is 1. The van der Waals surface area contributed by atoms with Crippen LogP contribution < -0.4 is 5.32 Å². The number of amides is 1. The van der Waals surface area contributed by atoms with Gasteiger partial charge in [-0.15, -0.1) is 0 Å². The average Bonchev–Trinajstić information content (AvgIpc) is 3.44. The summed E-state index contributed by atoms with van der Waals surface area (Å²) in [6.07, 6.45) is -7.06. The van der Waals surface area contributed by atoms with E-state index < -0.39 is 130 Å². The molecule has 3 aromatic rings. The summed E-state index contributed by atoms with van der Waals surface area (Å²) >= 11 is 0. The standard InChI is InChI=1S/C65H93NO13Si2/c1-18-80(19-2,20-3)78-54-51-42(10)48(72-59(69)55(79-81(39(4)5,40(6)7)41(8)9)52(44-30-24-21-25-31-44)66-61(70)77-62(12,13)14)36-47(63(51,15)16)53(74-58(68)45-32-26-22-27-33-45)56-64(17)49(37-50-65(56,38-71-50)76-43(11)67)73-60(75-57(54)64)46-34-28-23-29-35-46/h21-35,39-41,47-50,52-57,60H,18-20,36-38H2,1-17H3,(H,66,70)/t47-,48-,49-,50+,52-,53-,54+,55+,56-,57-,60?,64+,65-/m0/s1. The maximum Gasteiger partial charge on any atom is 0.408 e. The van der Waals surface area contributed by atoms with Gasteiger partial charge in [0.1, 0.15) is 23.9 Å². The molecule has 8 rings (SSSR count). The molecular formula is C65H93NO13Si2. The first-order valence-electron chi connectivity index (χ1n) is 29.9. The van der Waals surface area contributed by atoms with E-state index in [-0.39, 0.29) is 29.7 Å². The Balaban J connectivity index is 1.40. The molecule has 1 amide bonds. The van der Waals surface area contributed by atoms with E-state index in [0.717, 1.165) is 34.8 Å². The van der Waals surface area contributed by atoms with Gasteiger partial charge in [-0.05, 0) is 103 Å². The van der Waals surface area contributed by atoms with Crippen molar-refractivity contribution < 1.29 is 61.2 Å². The van der Waals surface area contributed by atoms with Gasteiger partial charge >= 0.3 is 24.0 Å². The molecule has 81 heavy (non-hydrogen) atoms. The number of carbonyl (C=O) groups excluding carboxylic acids is 4. The smallest absolute Gasteiger partial charge is 0.408 e. The van der Waals surface area contributed by atoms with E-state index in [2.05, 4.69) is 88.4 Å². The number of fused-ring (bicyclic) bond motifs is 4. The first kappa shape index (κ1) is 62.4. The quantitative estimate of drug-likeness (QED) is 0.0522. The molecule has 0 aromatic heterocycles. The van der Waals surface area contributed by atoms with Gasteiger partial charge in [-0.3, -0.25) is 4.79 Å². The molecule has 0 spiro atoms. The zero-order valence-corrected chi connectivity index (χ0v) is 53.3. The summed E-state index contributed by atoms with van der Waals surface area (Å²) in [5.74, 6) is -3.13. The molecule has 2 aliphatic heterocycles. The summed E-state index contributed by atoms with van der Waals surface area (Å²) in [5.41, 5.74) is -0.433. The molecule has 13 atom stereocenters. The van der Waals surface area contributed by atoms with Gasteiger partial charge in [0.2, 0.25) is 8.32 Å². The van der Waals surface area contributed by atoms with Crippen LogP contribution >= 0.6 is 0 Å². The number of alkyl carbamates (subject to hydrolysis) is 1. The summed E-state index contributed by atoms with van der Waals surface area (Å²) in [7, 11) is -5.60. The van der Waals surface area contributed by atoms with Crippen LogP contribution in [-0.2, 0) is 51.6 Å². The van der Waals surface area contributed by atoms with E-state index in [1.54, 1.807) is 45.0 Å². The Hall–Kier alpha value is -4.69. The Labute approximate surface area is 484 Å². The third-order valence-electron chi connectivity index (χ3n) is 19.5. The molecule has 3 aliphatic carbocycles. The van der Waals surface area contributed by atoms with Crippen molar-refractivity contribution in [3.05, 3.63) is 119 Å². The fourth-order valence-electron chi connectivity index (χ4n) is 15.4. The maximum atomic E-state index is 16.3. The van der Waals surface area contributed by atoms with E-state index >= 15 is 9.59 Å². The van der Waals surface area contributed by atoms with Crippen molar-refractivity contribution in [3.8, 4) is 0 Å². The molecule has 1 N–H and O–H groups in total. The maximum absolute atomic E-state index is 16.3. The highest BCUT2D eigenvalue weighted by Crippen LogP contribution is 2.67. The van der Waals surface area contributed by atoms with Gasteiger partial charge < -0.3 is 47.3 Å². The summed E-state index contributed by atoms with van der Waals surface area (Å²) in [6.45, 7) is 35.0. The molecule has 2 heterocycles. The van der Waals surface area contributed by atoms with Crippen molar-refractivity contribution in [1.29, 1.82) is 0 Å². The number of benzene rings is 3. The number of carbonyl (C=O) groups is 4. The average molecular weight is 1150 g/mol. The monoisotopic (exact) mass is 1150 g/mol. The van der Waals surface area contributed by atoms with E-state index in [0.29, 0.717) is 17.5 Å². The Morgan fingerprint density at radius 1 is 0.753 bits per heavy atom. The normalized spacial score (nSPS) is 29.7. The Morgan fingerprint density at radius 3 is 1.84 bits per heavy atom. The molecule has 2 bridgehead atoms.